The summed E-state index contributed by atoms with van der Waals surface area (Å²) in [5, 5.41) is 0. The summed E-state index contributed by atoms with van der Waals surface area (Å²) in [4.78, 5) is 0. The van der Waals surface area contributed by atoms with Gasteiger partial charge in [-0.3, -0.25) is 0 Å². The summed E-state index contributed by atoms with van der Waals surface area (Å²) in [6.07, 6.45) is 5.85. The molecule has 0 saturated carbocycles. The van der Waals surface area contributed by atoms with E-state index in [9.17, 15) is 0 Å². The summed E-state index contributed by atoms with van der Waals surface area (Å²) >= 11 is 5.31. The quantitative estimate of drug-likeness (QED) is 0.366. The molecule has 0 N–H and O–H groups in total. The summed E-state index contributed by atoms with van der Waals surface area (Å²) < 4.78 is 4.68. The van der Waals surface area contributed by atoms with Crippen LogP contribution in [0, 0.1) is 0 Å². The van der Waals surface area contributed by atoms with Crippen LogP contribution >= 0.6 is 11.6 Å². The van der Waals surface area contributed by atoms with E-state index in [2.05, 4.69) is 18.6 Å². The highest BCUT2D eigenvalue weighted by Gasteiger charge is 2.30. The maximum Gasteiger partial charge on any atom is 0.157 e. The molecular weight excluding hydrogens is 160 g/mol. The molecule has 0 aromatic carbocycles. The minimum absolute atomic E-state index is 0.0231. The molecule has 11 heavy (non-hydrogen) atoms. The Kier molecular flexibility index (Phi) is 7.09. The summed E-state index contributed by atoms with van der Waals surface area (Å²) in [7, 11) is 0. The molecule has 1 saturated heterocycles. The number of hydrogen-bond acceptors (Lipinski definition) is 1. The summed E-state index contributed by atoms with van der Waals surface area (Å²) in [5.41, 5.74) is 0.0231. The van der Waals surface area contributed by atoms with Gasteiger partial charge in [0.05, 0.1) is 6.10 Å². The third kappa shape index (κ3) is 8.15. The molecule has 1 heterocycles. The zero-order chi connectivity index (χ0) is 8.69. The van der Waals surface area contributed by atoms with Gasteiger partial charge in [0.15, 0.2) is 5.56 Å². The Bertz CT molecular complexity index is 75.6. The lowest BCUT2D eigenvalue weighted by Gasteiger charge is -1.86. The van der Waals surface area contributed by atoms with Crippen LogP contribution in [0.4, 0.5) is 0 Å². The largest absolute Gasteiger partial charge is 0.353 e. The third-order valence-electron chi connectivity index (χ3n) is 1.59. The van der Waals surface area contributed by atoms with Crippen molar-refractivity contribution in [3.63, 3.8) is 0 Å². The summed E-state index contributed by atoms with van der Waals surface area (Å²) in [5.74, 6) is 0. The van der Waals surface area contributed by atoms with E-state index in [1.807, 2.05) is 6.92 Å². The Morgan fingerprint density at radius 2 is 1.45 bits per heavy atom. The zero-order valence-corrected chi connectivity index (χ0v) is 8.53. The average Bonchev–Trinajstić information content (AvgIpc) is 2.62. The van der Waals surface area contributed by atoms with E-state index in [4.69, 9.17) is 11.6 Å². The van der Waals surface area contributed by atoms with Crippen molar-refractivity contribution >= 4 is 11.6 Å². The van der Waals surface area contributed by atoms with E-state index in [0.717, 1.165) is 0 Å². The molecule has 0 aliphatic carbocycles. The molecule has 1 aliphatic heterocycles. The summed E-state index contributed by atoms with van der Waals surface area (Å²) in [6.45, 7) is 6.41. The highest BCUT2D eigenvalue weighted by Crippen LogP contribution is 2.23. The van der Waals surface area contributed by atoms with Gasteiger partial charge in [-0.05, 0) is 6.92 Å². The first kappa shape index (κ1) is 11.2. The number of halogens is 1. The number of rotatable bonds is 3. The van der Waals surface area contributed by atoms with Gasteiger partial charge >= 0.3 is 0 Å². The van der Waals surface area contributed by atoms with Gasteiger partial charge in [-0.25, -0.2) is 0 Å². The van der Waals surface area contributed by atoms with Crippen molar-refractivity contribution < 1.29 is 4.74 Å². The molecule has 0 aromatic rings. The fraction of sp³-hybridized carbons (Fsp3) is 1.00. The Labute approximate surface area is 75.1 Å². The van der Waals surface area contributed by atoms with E-state index in [0.29, 0.717) is 6.10 Å². The van der Waals surface area contributed by atoms with Gasteiger partial charge in [-0.2, -0.15) is 0 Å². The predicted molar refractivity (Wildman–Crippen MR) is 50.0 cm³/mol. The number of alkyl halides is 1. The van der Waals surface area contributed by atoms with E-state index in [1.54, 1.807) is 0 Å². The second-order valence-corrected chi connectivity index (χ2v) is 3.33. The van der Waals surface area contributed by atoms with Gasteiger partial charge in [0.2, 0.25) is 0 Å². The SMILES string of the molecule is CC1OC1Cl.CCCCCC. The Morgan fingerprint density at radius 1 is 1.18 bits per heavy atom. The van der Waals surface area contributed by atoms with Crippen molar-refractivity contribution in [3.05, 3.63) is 0 Å². The van der Waals surface area contributed by atoms with Crippen LogP contribution in [-0.4, -0.2) is 11.7 Å². The minimum atomic E-state index is 0.0231. The molecule has 2 unspecified atom stereocenters. The van der Waals surface area contributed by atoms with E-state index >= 15 is 0 Å². The standard InChI is InChI=1S/C6H14.C3H5ClO/c1-3-5-6-4-2;1-2-3(4)5-2/h3-6H2,1-2H3;2-3H,1H3. The van der Waals surface area contributed by atoms with Gasteiger partial charge in [0, 0.05) is 0 Å². The lowest BCUT2D eigenvalue weighted by Crippen LogP contribution is -1.69. The van der Waals surface area contributed by atoms with Crippen molar-refractivity contribution in [1.82, 2.24) is 0 Å². The van der Waals surface area contributed by atoms with Crippen LogP contribution in [0.2, 0.25) is 0 Å². The molecule has 0 amide bonds. The van der Waals surface area contributed by atoms with Crippen LogP contribution in [0.5, 0.6) is 0 Å². The van der Waals surface area contributed by atoms with E-state index in [-0.39, 0.29) is 5.56 Å². The number of hydrogen-bond donors (Lipinski definition) is 0. The van der Waals surface area contributed by atoms with Crippen LogP contribution in [0.15, 0.2) is 0 Å². The first-order chi connectivity index (χ1) is 5.22. The predicted octanol–water partition coefficient (Wildman–Crippen LogP) is 3.56. The minimum Gasteiger partial charge on any atom is -0.353 e. The first-order valence-corrected chi connectivity index (χ1v) is 4.95. The second-order valence-electron chi connectivity index (χ2n) is 2.90. The normalized spacial score (nSPS) is 27.3. The van der Waals surface area contributed by atoms with Crippen molar-refractivity contribution in [2.24, 2.45) is 0 Å². The van der Waals surface area contributed by atoms with Crippen LogP contribution in [0.3, 0.4) is 0 Å². The second kappa shape index (κ2) is 6.93. The smallest absolute Gasteiger partial charge is 0.157 e. The molecule has 1 rings (SSSR count). The van der Waals surface area contributed by atoms with Crippen LogP contribution < -0.4 is 0 Å². The van der Waals surface area contributed by atoms with E-state index in [1.165, 1.54) is 25.7 Å². The van der Waals surface area contributed by atoms with Crippen molar-refractivity contribution in [2.75, 3.05) is 0 Å². The fourth-order valence-corrected chi connectivity index (χ4v) is 0.822. The van der Waals surface area contributed by atoms with Gasteiger partial charge in [0.25, 0.3) is 0 Å². The molecule has 0 radical (unpaired) electrons. The van der Waals surface area contributed by atoms with Crippen molar-refractivity contribution in [2.45, 2.75) is 58.1 Å². The number of ether oxygens (including phenoxy) is 1. The highest BCUT2D eigenvalue weighted by molar-refractivity contribution is 6.21. The molecule has 1 fully saturated rings. The van der Waals surface area contributed by atoms with Crippen LogP contribution in [0.1, 0.15) is 46.5 Å². The molecule has 1 nitrogen and oxygen atoms in total. The topological polar surface area (TPSA) is 12.5 Å². The molecule has 2 atom stereocenters. The molecule has 1 aliphatic rings. The van der Waals surface area contributed by atoms with Gasteiger partial charge in [-0.1, -0.05) is 51.1 Å². The average molecular weight is 179 g/mol. The molecule has 0 bridgehead atoms. The van der Waals surface area contributed by atoms with Gasteiger partial charge in [-0.15, -0.1) is 0 Å². The lowest BCUT2D eigenvalue weighted by molar-refractivity contribution is 0.411. The maximum atomic E-state index is 5.31. The molecule has 0 spiro atoms. The van der Waals surface area contributed by atoms with Gasteiger partial charge < -0.3 is 4.74 Å². The highest BCUT2D eigenvalue weighted by atomic mass is 35.5. The zero-order valence-electron chi connectivity index (χ0n) is 7.77. The number of unbranched alkanes of at least 4 members (excludes halogenated alkanes) is 3. The van der Waals surface area contributed by atoms with Crippen LogP contribution in [-0.2, 0) is 4.74 Å². The molecule has 0 aromatic heterocycles. The fourth-order valence-electron chi connectivity index (χ4n) is 0.660. The monoisotopic (exact) mass is 178 g/mol. The Hall–Kier alpha value is 0.250. The van der Waals surface area contributed by atoms with Crippen LogP contribution in [0.25, 0.3) is 0 Å². The van der Waals surface area contributed by atoms with Crippen molar-refractivity contribution in [3.8, 4) is 0 Å². The first-order valence-electron chi connectivity index (χ1n) is 4.51. The number of epoxide rings is 1. The van der Waals surface area contributed by atoms with Gasteiger partial charge in [0.1, 0.15) is 0 Å². The van der Waals surface area contributed by atoms with Crippen molar-refractivity contribution in [1.29, 1.82) is 0 Å². The Morgan fingerprint density at radius 3 is 1.55 bits per heavy atom. The molecule has 2 heteroatoms. The third-order valence-corrected chi connectivity index (χ3v) is 2.05. The molecular formula is C9H19ClO. The maximum absolute atomic E-state index is 5.31. The molecule has 68 valence electrons. The lowest BCUT2D eigenvalue weighted by atomic mass is 10.2. The summed E-state index contributed by atoms with van der Waals surface area (Å²) in [6, 6.07) is 0. The Balaban J connectivity index is 0.000000183. The van der Waals surface area contributed by atoms with E-state index < -0.39 is 0 Å².